The molecule has 0 radical (unpaired) electrons. The molecule has 254 valence electrons. The van der Waals surface area contributed by atoms with Crippen molar-refractivity contribution in [3.05, 3.63) is 86.2 Å². The number of phenols is 3. The SMILES string of the molecule is COc1cc(O)c2c(=O)c3cccc(O)c3n(C)c2c1C=CC1(C)COc2c(ccc3c(=O)c4c(O)cc5c(c4n(C)c23)C=CC(C)(C)O5)O1. The largest absolute Gasteiger partial charge is 0.507 e. The zero-order valence-corrected chi connectivity index (χ0v) is 28.2. The van der Waals surface area contributed by atoms with Crippen LogP contribution in [0.2, 0.25) is 0 Å². The van der Waals surface area contributed by atoms with E-state index in [1.807, 2.05) is 44.5 Å². The quantitative estimate of drug-likeness (QED) is 0.186. The minimum absolute atomic E-state index is 0.0537. The normalized spacial score (nSPS) is 17.9. The van der Waals surface area contributed by atoms with Crippen LogP contribution in [0.3, 0.4) is 0 Å². The monoisotopic (exact) mass is 674 g/mol. The number of methoxy groups -OCH3 is 1. The van der Waals surface area contributed by atoms with Gasteiger partial charge in [0, 0.05) is 37.4 Å². The van der Waals surface area contributed by atoms with Crippen molar-refractivity contribution in [3.63, 3.8) is 0 Å². The molecule has 0 fully saturated rings. The third-order valence-electron chi connectivity index (χ3n) is 9.65. The second kappa shape index (κ2) is 10.4. The lowest BCUT2D eigenvalue weighted by atomic mass is 9.97. The van der Waals surface area contributed by atoms with Crippen LogP contribution >= 0.6 is 0 Å². The van der Waals surface area contributed by atoms with Gasteiger partial charge in [-0.1, -0.05) is 6.07 Å². The Hall–Kier alpha value is -6.10. The molecule has 8 rings (SSSR count). The summed E-state index contributed by atoms with van der Waals surface area (Å²) in [5, 5.41) is 33.5. The summed E-state index contributed by atoms with van der Waals surface area (Å²) in [5.74, 6) is 1.06. The van der Waals surface area contributed by atoms with Crippen molar-refractivity contribution in [2.24, 2.45) is 14.1 Å². The third kappa shape index (κ3) is 4.35. The van der Waals surface area contributed by atoms with Crippen LogP contribution in [0.4, 0.5) is 0 Å². The van der Waals surface area contributed by atoms with Gasteiger partial charge in [-0.15, -0.1) is 0 Å². The van der Waals surface area contributed by atoms with Gasteiger partial charge in [-0.25, -0.2) is 0 Å². The number of aromatic hydroxyl groups is 3. The summed E-state index contributed by atoms with van der Waals surface area (Å²) in [6, 6.07) is 10.9. The molecular weight excluding hydrogens is 640 g/mol. The van der Waals surface area contributed by atoms with Crippen molar-refractivity contribution < 1.29 is 34.3 Å². The fourth-order valence-corrected chi connectivity index (χ4v) is 7.30. The number of phenolic OH excluding ortho intramolecular Hbond substituents is 3. The zero-order valence-electron chi connectivity index (χ0n) is 28.2. The molecule has 2 aliphatic heterocycles. The van der Waals surface area contributed by atoms with Crippen LogP contribution in [0.15, 0.2) is 64.2 Å². The van der Waals surface area contributed by atoms with E-state index in [0.29, 0.717) is 61.6 Å². The number of nitrogens with zero attached hydrogens (tertiary/aromatic N) is 2. The summed E-state index contributed by atoms with van der Waals surface area (Å²) in [6.07, 6.45) is 7.34. The Balaban J connectivity index is 1.27. The summed E-state index contributed by atoms with van der Waals surface area (Å²) < 4.78 is 28.2. The molecule has 0 aliphatic carbocycles. The Labute approximate surface area is 285 Å². The van der Waals surface area contributed by atoms with Gasteiger partial charge >= 0.3 is 0 Å². The fourth-order valence-electron chi connectivity index (χ4n) is 7.30. The van der Waals surface area contributed by atoms with Crippen molar-refractivity contribution in [2.75, 3.05) is 13.7 Å². The number of fused-ring (bicyclic) bond motifs is 8. The molecule has 0 saturated carbocycles. The number of ether oxygens (including phenoxy) is 4. The number of aromatic nitrogens is 2. The smallest absolute Gasteiger partial charge is 0.201 e. The Morgan fingerprint density at radius 2 is 1.48 bits per heavy atom. The van der Waals surface area contributed by atoms with Crippen LogP contribution in [0, 0.1) is 0 Å². The second-order valence-corrected chi connectivity index (χ2v) is 13.6. The van der Waals surface area contributed by atoms with Crippen molar-refractivity contribution in [3.8, 4) is 40.2 Å². The predicted octanol–water partition coefficient (Wildman–Crippen LogP) is 6.25. The third-order valence-corrected chi connectivity index (χ3v) is 9.65. The van der Waals surface area contributed by atoms with Gasteiger partial charge < -0.3 is 43.4 Å². The molecule has 1 atom stereocenters. The Morgan fingerprint density at radius 1 is 0.800 bits per heavy atom. The predicted molar refractivity (Wildman–Crippen MR) is 192 cm³/mol. The van der Waals surface area contributed by atoms with Crippen molar-refractivity contribution >= 4 is 55.8 Å². The van der Waals surface area contributed by atoms with Gasteiger partial charge in [-0.2, -0.15) is 0 Å². The lowest BCUT2D eigenvalue weighted by molar-refractivity contribution is 0.0461. The van der Waals surface area contributed by atoms with Gasteiger partial charge in [0.05, 0.1) is 50.7 Å². The first-order valence-electron chi connectivity index (χ1n) is 16.0. The lowest BCUT2D eigenvalue weighted by Gasteiger charge is -2.34. The summed E-state index contributed by atoms with van der Waals surface area (Å²) in [7, 11) is 4.98. The number of para-hydroxylation sites is 1. The standard InChI is InChI=1S/C39H34N2O9/c1-38(2)14-12-20-28(49-38)17-25(44)30-33(20)41(5)34-22(36(30)46)10-11-26-37(34)48-18-39(3,50-26)15-13-19-27(47-6)16-24(43)29-32(19)40(4)31-21(35(29)45)8-7-9-23(31)42/h7-17,42-44H,18H2,1-6H3. The van der Waals surface area contributed by atoms with Crippen LogP contribution in [-0.2, 0) is 14.1 Å². The molecule has 11 nitrogen and oxygen atoms in total. The van der Waals surface area contributed by atoms with Crippen molar-refractivity contribution in [1.29, 1.82) is 0 Å². The number of rotatable bonds is 3. The fraction of sp³-hybridized carbons (Fsp3) is 0.231. The van der Waals surface area contributed by atoms with Crippen LogP contribution in [0.1, 0.15) is 31.9 Å². The Morgan fingerprint density at radius 3 is 2.22 bits per heavy atom. The highest BCUT2D eigenvalue weighted by Crippen LogP contribution is 2.45. The van der Waals surface area contributed by atoms with Crippen LogP contribution in [-0.4, -0.2) is 49.4 Å². The number of hydrogen-bond acceptors (Lipinski definition) is 9. The van der Waals surface area contributed by atoms with Gasteiger partial charge in [0.1, 0.15) is 41.0 Å². The summed E-state index contributed by atoms with van der Waals surface area (Å²) >= 11 is 0. The molecule has 2 aliphatic rings. The first-order chi connectivity index (χ1) is 23.7. The molecular formula is C39H34N2O9. The summed E-state index contributed by atoms with van der Waals surface area (Å²) in [5.41, 5.74) is 0.454. The minimum Gasteiger partial charge on any atom is -0.507 e. The van der Waals surface area contributed by atoms with E-state index < -0.39 is 16.6 Å². The first-order valence-corrected chi connectivity index (χ1v) is 16.0. The highest BCUT2D eigenvalue weighted by molar-refractivity contribution is 6.05. The number of benzene rings is 4. The molecule has 6 aromatic rings. The van der Waals surface area contributed by atoms with Gasteiger partial charge in [0.2, 0.25) is 10.9 Å². The van der Waals surface area contributed by atoms with E-state index >= 15 is 0 Å². The maximum absolute atomic E-state index is 13.9. The average molecular weight is 675 g/mol. The zero-order chi connectivity index (χ0) is 35.4. The first kappa shape index (κ1) is 31.2. The summed E-state index contributed by atoms with van der Waals surface area (Å²) in [6.45, 7) is 5.71. The van der Waals surface area contributed by atoms with E-state index in [9.17, 15) is 24.9 Å². The van der Waals surface area contributed by atoms with E-state index in [4.69, 9.17) is 18.9 Å². The molecule has 3 N–H and O–H groups in total. The number of pyridine rings is 2. The minimum atomic E-state index is -1.02. The van der Waals surface area contributed by atoms with Gasteiger partial charge in [0.25, 0.3) is 0 Å². The van der Waals surface area contributed by atoms with E-state index in [0.717, 1.165) is 0 Å². The molecule has 4 aromatic carbocycles. The van der Waals surface area contributed by atoms with Crippen LogP contribution in [0.25, 0.3) is 55.8 Å². The molecule has 0 amide bonds. The Kier molecular flexibility index (Phi) is 6.52. The highest BCUT2D eigenvalue weighted by Gasteiger charge is 2.34. The number of aryl methyl sites for hydroxylation is 2. The van der Waals surface area contributed by atoms with Crippen LogP contribution < -0.4 is 29.8 Å². The molecule has 11 heteroatoms. The number of hydrogen-bond donors (Lipinski definition) is 3. The molecule has 4 heterocycles. The van der Waals surface area contributed by atoms with Crippen molar-refractivity contribution in [2.45, 2.75) is 32.0 Å². The topological polar surface area (TPSA) is 142 Å². The van der Waals surface area contributed by atoms with E-state index in [1.54, 1.807) is 48.0 Å². The van der Waals surface area contributed by atoms with Gasteiger partial charge in [0.15, 0.2) is 17.1 Å². The average Bonchev–Trinajstić information content (AvgIpc) is 3.07. The van der Waals surface area contributed by atoms with Crippen LogP contribution in [0.5, 0.6) is 40.2 Å². The van der Waals surface area contributed by atoms with Gasteiger partial charge in [-0.05, 0) is 69.3 Å². The molecule has 0 bridgehead atoms. The second-order valence-electron chi connectivity index (χ2n) is 13.6. The van der Waals surface area contributed by atoms with Gasteiger partial charge in [-0.3, -0.25) is 9.59 Å². The molecule has 2 aromatic heterocycles. The highest BCUT2D eigenvalue weighted by atomic mass is 16.6. The molecule has 1 unspecified atom stereocenters. The maximum atomic E-state index is 13.9. The molecule has 50 heavy (non-hydrogen) atoms. The Bertz CT molecular complexity index is 2680. The van der Waals surface area contributed by atoms with E-state index in [1.165, 1.54) is 25.3 Å². The van der Waals surface area contributed by atoms with Crippen molar-refractivity contribution in [1.82, 2.24) is 9.13 Å². The lowest BCUT2D eigenvalue weighted by Crippen LogP contribution is -2.40. The molecule has 0 saturated heterocycles. The van der Waals surface area contributed by atoms with E-state index in [2.05, 4.69) is 0 Å². The summed E-state index contributed by atoms with van der Waals surface area (Å²) in [4.78, 5) is 27.5. The van der Waals surface area contributed by atoms with E-state index in [-0.39, 0.29) is 45.4 Å². The maximum Gasteiger partial charge on any atom is 0.201 e. The molecule has 0 spiro atoms.